The highest BCUT2D eigenvalue weighted by Gasteiger charge is 2.08. The second-order valence-electron chi connectivity index (χ2n) is 3.37. The Balaban J connectivity index is 2.95. The van der Waals surface area contributed by atoms with Gasteiger partial charge in [0.15, 0.2) is 6.29 Å². The predicted molar refractivity (Wildman–Crippen MR) is 67.1 cm³/mol. The number of terminal acetylenes is 1. The van der Waals surface area contributed by atoms with Gasteiger partial charge in [-0.15, -0.1) is 6.42 Å². The molecule has 0 amide bonds. The Bertz CT molecular complexity index is 408. The molecule has 17 heavy (non-hydrogen) atoms. The molecule has 0 radical (unpaired) electrons. The van der Waals surface area contributed by atoms with Crippen LogP contribution in [0, 0.1) is 12.3 Å². The minimum absolute atomic E-state index is 0.0694. The smallest absolute Gasteiger partial charge is 0.183 e. The molecule has 1 rings (SSSR count). The van der Waals surface area contributed by atoms with Gasteiger partial charge in [0, 0.05) is 25.4 Å². The molecule has 0 fully saturated rings. The van der Waals surface area contributed by atoms with Crippen LogP contribution in [-0.2, 0) is 9.47 Å². The van der Waals surface area contributed by atoms with Crippen molar-refractivity contribution >= 4 is 5.57 Å². The molecule has 0 aliphatic heterocycles. The Kier molecular flexibility index (Phi) is 5.44. The van der Waals surface area contributed by atoms with E-state index in [2.05, 4.69) is 5.92 Å². The first-order valence-electron chi connectivity index (χ1n) is 5.20. The second kappa shape index (κ2) is 6.87. The Morgan fingerprint density at radius 2 is 1.94 bits per heavy atom. The van der Waals surface area contributed by atoms with Gasteiger partial charge in [-0.1, -0.05) is 30.2 Å². The quantitative estimate of drug-likeness (QED) is 0.623. The first-order chi connectivity index (χ1) is 8.26. The Morgan fingerprint density at radius 3 is 2.35 bits per heavy atom. The van der Waals surface area contributed by atoms with Crippen LogP contribution in [0.4, 0.5) is 0 Å². The van der Waals surface area contributed by atoms with Crippen LogP contribution < -0.4 is 0 Å². The fourth-order valence-corrected chi connectivity index (χ4v) is 1.54. The molecule has 1 N–H and O–H groups in total. The third kappa shape index (κ3) is 3.43. The summed E-state index contributed by atoms with van der Waals surface area (Å²) in [5.41, 5.74) is 2.47. The molecule has 90 valence electrons. The van der Waals surface area contributed by atoms with E-state index in [4.69, 9.17) is 21.0 Å². The van der Waals surface area contributed by atoms with Gasteiger partial charge in [0.05, 0.1) is 6.61 Å². The Hall–Kier alpha value is -1.60. The monoisotopic (exact) mass is 232 g/mol. The molecular formula is C14H16O3. The largest absolute Gasteiger partial charge is 0.392 e. The summed E-state index contributed by atoms with van der Waals surface area (Å²) in [5, 5.41) is 8.84. The van der Waals surface area contributed by atoms with Crippen LogP contribution in [0.3, 0.4) is 0 Å². The van der Waals surface area contributed by atoms with Gasteiger partial charge in [-0.05, 0) is 11.6 Å². The third-order valence-corrected chi connectivity index (χ3v) is 2.37. The number of ether oxygens (including phenoxy) is 2. The molecule has 0 unspecified atom stereocenters. The van der Waals surface area contributed by atoms with E-state index in [9.17, 15) is 0 Å². The number of aliphatic hydroxyl groups excluding tert-OH is 1. The van der Waals surface area contributed by atoms with Crippen molar-refractivity contribution < 1.29 is 14.6 Å². The van der Waals surface area contributed by atoms with E-state index in [0.717, 1.165) is 11.1 Å². The lowest BCUT2D eigenvalue weighted by atomic mass is 10.0. The average molecular weight is 232 g/mol. The van der Waals surface area contributed by atoms with Crippen LogP contribution in [0.2, 0.25) is 0 Å². The van der Waals surface area contributed by atoms with Crippen molar-refractivity contribution in [3.63, 3.8) is 0 Å². The molecule has 0 aliphatic carbocycles. The van der Waals surface area contributed by atoms with E-state index < -0.39 is 0 Å². The summed E-state index contributed by atoms with van der Waals surface area (Å²) in [4.78, 5) is 0. The molecule has 0 atom stereocenters. The van der Waals surface area contributed by atoms with Gasteiger partial charge in [-0.3, -0.25) is 0 Å². The first-order valence-corrected chi connectivity index (χ1v) is 5.20. The van der Waals surface area contributed by atoms with Crippen molar-refractivity contribution in [1.29, 1.82) is 0 Å². The summed E-state index contributed by atoms with van der Waals surface area (Å²) < 4.78 is 10.3. The van der Waals surface area contributed by atoms with Crippen molar-refractivity contribution in [2.45, 2.75) is 6.29 Å². The maximum Gasteiger partial charge on any atom is 0.183 e. The van der Waals surface area contributed by atoms with Gasteiger partial charge in [-0.25, -0.2) is 0 Å². The molecule has 0 spiro atoms. The summed E-state index contributed by atoms with van der Waals surface area (Å²) in [6, 6.07) is 7.52. The van der Waals surface area contributed by atoms with Crippen molar-refractivity contribution in [3.05, 3.63) is 41.5 Å². The molecule has 0 heterocycles. The summed E-state index contributed by atoms with van der Waals surface area (Å²) in [6.45, 7) is -0.0694. The van der Waals surface area contributed by atoms with Gasteiger partial charge < -0.3 is 14.6 Å². The highest BCUT2D eigenvalue weighted by atomic mass is 16.7. The second-order valence-corrected chi connectivity index (χ2v) is 3.37. The lowest BCUT2D eigenvalue weighted by Crippen LogP contribution is -2.03. The van der Waals surface area contributed by atoms with Crippen LogP contribution in [0.5, 0.6) is 0 Å². The van der Waals surface area contributed by atoms with Crippen LogP contribution in [0.25, 0.3) is 5.57 Å². The van der Waals surface area contributed by atoms with Crippen molar-refractivity contribution in [1.82, 2.24) is 0 Å². The van der Waals surface area contributed by atoms with Gasteiger partial charge in [0.25, 0.3) is 0 Å². The first kappa shape index (κ1) is 13.5. The third-order valence-electron chi connectivity index (χ3n) is 2.37. The van der Waals surface area contributed by atoms with E-state index in [1.807, 2.05) is 24.3 Å². The summed E-state index contributed by atoms with van der Waals surface area (Å²) >= 11 is 0. The molecule has 0 bridgehead atoms. The molecule has 0 saturated heterocycles. The van der Waals surface area contributed by atoms with E-state index in [0.29, 0.717) is 5.57 Å². The van der Waals surface area contributed by atoms with Gasteiger partial charge in [0.1, 0.15) is 0 Å². The SMILES string of the molecule is C#C/C(=C/CO)c1ccc(C(OC)OC)cc1. The molecule has 1 aromatic rings. The molecule has 3 nitrogen and oxygen atoms in total. The average Bonchev–Trinajstić information content (AvgIpc) is 2.38. The maximum atomic E-state index is 8.84. The van der Waals surface area contributed by atoms with Crippen LogP contribution in [-0.4, -0.2) is 25.9 Å². The Morgan fingerprint density at radius 1 is 1.35 bits per heavy atom. The normalized spacial score (nSPS) is 11.6. The van der Waals surface area contributed by atoms with Crippen LogP contribution in [0.1, 0.15) is 17.4 Å². The number of aliphatic hydroxyl groups is 1. The number of allylic oxidation sites excluding steroid dienone is 1. The topological polar surface area (TPSA) is 38.7 Å². The fourth-order valence-electron chi connectivity index (χ4n) is 1.54. The number of hydrogen-bond acceptors (Lipinski definition) is 3. The minimum atomic E-state index is -0.375. The number of hydrogen-bond donors (Lipinski definition) is 1. The fraction of sp³-hybridized carbons (Fsp3) is 0.286. The highest BCUT2D eigenvalue weighted by molar-refractivity contribution is 5.78. The van der Waals surface area contributed by atoms with Crippen molar-refractivity contribution in [2.75, 3.05) is 20.8 Å². The molecule has 1 aromatic carbocycles. The number of benzene rings is 1. The number of rotatable bonds is 5. The molecule has 0 aliphatic rings. The molecular weight excluding hydrogens is 216 g/mol. The summed E-state index contributed by atoms with van der Waals surface area (Å²) in [6.07, 6.45) is 6.58. The van der Waals surface area contributed by atoms with E-state index in [1.54, 1.807) is 20.3 Å². The van der Waals surface area contributed by atoms with Crippen molar-refractivity contribution in [3.8, 4) is 12.3 Å². The highest BCUT2D eigenvalue weighted by Crippen LogP contribution is 2.20. The zero-order chi connectivity index (χ0) is 12.7. The van der Waals surface area contributed by atoms with E-state index in [1.165, 1.54) is 0 Å². The predicted octanol–water partition coefficient (Wildman–Crippen LogP) is 1.99. The van der Waals surface area contributed by atoms with Crippen molar-refractivity contribution in [2.24, 2.45) is 0 Å². The van der Waals surface area contributed by atoms with Gasteiger partial charge in [0.2, 0.25) is 0 Å². The minimum Gasteiger partial charge on any atom is -0.392 e. The maximum absolute atomic E-state index is 8.84. The van der Waals surface area contributed by atoms with E-state index in [-0.39, 0.29) is 12.9 Å². The zero-order valence-electron chi connectivity index (χ0n) is 10.0. The molecule has 0 saturated carbocycles. The molecule has 0 aromatic heterocycles. The van der Waals surface area contributed by atoms with Crippen LogP contribution >= 0.6 is 0 Å². The van der Waals surface area contributed by atoms with E-state index >= 15 is 0 Å². The lowest BCUT2D eigenvalue weighted by Gasteiger charge is -2.13. The summed E-state index contributed by atoms with van der Waals surface area (Å²) in [7, 11) is 3.17. The zero-order valence-corrected chi connectivity index (χ0v) is 10.0. The van der Waals surface area contributed by atoms with Gasteiger partial charge >= 0.3 is 0 Å². The standard InChI is InChI=1S/C14H16O3/c1-4-11(9-10-15)12-5-7-13(8-6-12)14(16-2)17-3/h1,5-9,14-15H,10H2,2-3H3/b11-9-. The van der Waals surface area contributed by atoms with Gasteiger partial charge in [-0.2, -0.15) is 0 Å². The Labute approximate surface area is 102 Å². The number of methoxy groups -OCH3 is 2. The van der Waals surface area contributed by atoms with Crippen LogP contribution in [0.15, 0.2) is 30.3 Å². The lowest BCUT2D eigenvalue weighted by molar-refractivity contribution is -0.106. The molecule has 3 heteroatoms. The summed E-state index contributed by atoms with van der Waals surface area (Å²) in [5.74, 6) is 2.53.